The molecule has 2 aliphatic carbocycles. The fraction of sp³-hybridized carbons (Fsp3) is 0.588. The Bertz CT molecular complexity index is 694. The molecule has 0 saturated heterocycles. The summed E-state index contributed by atoms with van der Waals surface area (Å²) in [6, 6.07) is 6.65. The Kier molecular flexibility index (Phi) is 5.94. The predicted molar refractivity (Wildman–Crippen MR) is 96.1 cm³/mol. The van der Waals surface area contributed by atoms with Crippen LogP contribution in [0.5, 0.6) is 0 Å². The Morgan fingerprint density at radius 2 is 1.83 bits per heavy atom. The Morgan fingerprint density at radius 3 is 2.42 bits per heavy atom. The molecule has 3 rings (SSSR count). The highest BCUT2D eigenvalue weighted by Crippen LogP contribution is 2.39. The molecule has 2 aliphatic rings. The number of amides is 1. The third-order valence-electron chi connectivity index (χ3n) is 5.20. The van der Waals surface area contributed by atoms with Gasteiger partial charge in [0.25, 0.3) is 5.91 Å². The van der Waals surface area contributed by atoms with Gasteiger partial charge in [0.15, 0.2) is 9.84 Å². The van der Waals surface area contributed by atoms with Crippen molar-refractivity contribution in [1.82, 2.24) is 5.32 Å². The number of hydrogen-bond donors (Lipinski definition) is 2. The quantitative estimate of drug-likeness (QED) is 0.850. The van der Waals surface area contributed by atoms with Crippen LogP contribution >= 0.6 is 12.4 Å². The number of sulfone groups is 1. The molecule has 2 bridgehead atoms. The highest BCUT2D eigenvalue weighted by molar-refractivity contribution is 7.90. The lowest BCUT2D eigenvalue weighted by Gasteiger charge is -2.45. The molecule has 1 amide bonds. The first kappa shape index (κ1) is 19.2. The van der Waals surface area contributed by atoms with Gasteiger partial charge in [0.1, 0.15) is 0 Å². The molecule has 3 N–H and O–H groups in total. The highest BCUT2D eigenvalue weighted by atomic mass is 35.5. The average molecular weight is 373 g/mol. The van der Waals surface area contributed by atoms with E-state index in [0.29, 0.717) is 17.4 Å². The first-order chi connectivity index (χ1) is 10.8. The van der Waals surface area contributed by atoms with E-state index in [2.05, 4.69) is 5.32 Å². The fourth-order valence-corrected chi connectivity index (χ4v) is 4.79. The molecule has 24 heavy (non-hydrogen) atoms. The SMILES string of the molecule is CS(=O)(=O)c1cccc(C(=O)NC2C3CCCC2CC(N)C3)c1.Cl. The second-order valence-electron chi connectivity index (χ2n) is 6.98. The van der Waals surface area contributed by atoms with Gasteiger partial charge in [-0.15, -0.1) is 12.4 Å². The molecule has 5 nitrogen and oxygen atoms in total. The summed E-state index contributed by atoms with van der Waals surface area (Å²) in [6.07, 6.45) is 6.50. The zero-order valence-corrected chi connectivity index (χ0v) is 15.4. The molecular formula is C17H25ClN2O3S. The van der Waals surface area contributed by atoms with E-state index in [4.69, 9.17) is 5.73 Å². The van der Waals surface area contributed by atoms with Gasteiger partial charge in [-0.05, 0) is 55.7 Å². The van der Waals surface area contributed by atoms with Crippen LogP contribution in [-0.2, 0) is 9.84 Å². The van der Waals surface area contributed by atoms with E-state index in [9.17, 15) is 13.2 Å². The van der Waals surface area contributed by atoms with Crippen LogP contribution in [0.1, 0.15) is 42.5 Å². The summed E-state index contributed by atoms with van der Waals surface area (Å²) in [5.74, 6) is 0.701. The fourth-order valence-electron chi connectivity index (χ4n) is 4.13. The van der Waals surface area contributed by atoms with Crippen molar-refractivity contribution in [3.05, 3.63) is 29.8 Å². The minimum atomic E-state index is -3.31. The Labute approximate surface area is 149 Å². The van der Waals surface area contributed by atoms with E-state index in [1.165, 1.54) is 18.6 Å². The minimum absolute atomic E-state index is 0. The number of benzene rings is 1. The maximum absolute atomic E-state index is 12.6. The molecular weight excluding hydrogens is 348 g/mol. The molecule has 0 spiro atoms. The molecule has 134 valence electrons. The van der Waals surface area contributed by atoms with Gasteiger partial charge >= 0.3 is 0 Å². The second kappa shape index (κ2) is 7.42. The molecule has 1 aromatic rings. The van der Waals surface area contributed by atoms with Crippen molar-refractivity contribution in [1.29, 1.82) is 0 Å². The lowest BCUT2D eigenvalue weighted by atomic mass is 9.67. The van der Waals surface area contributed by atoms with Crippen molar-refractivity contribution in [2.24, 2.45) is 17.6 Å². The number of hydrogen-bond acceptors (Lipinski definition) is 4. The van der Waals surface area contributed by atoms with Gasteiger partial charge in [-0.25, -0.2) is 8.42 Å². The summed E-state index contributed by atoms with van der Waals surface area (Å²) < 4.78 is 23.3. The van der Waals surface area contributed by atoms with Gasteiger partial charge in [0, 0.05) is 23.9 Å². The van der Waals surface area contributed by atoms with Gasteiger partial charge in [-0.2, -0.15) is 0 Å². The molecule has 2 unspecified atom stereocenters. The number of nitrogens with two attached hydrogens (primary N) is 1. The number of halogens is 1. The van der Waals surface area contributed by atoms with Gasteiger partial charge in [0.05, 0.1) is 4.90 Å². The molecule has 0 radical (unpaired) electrons. The number of fused-ring (bicyclic) bond motifs is 2. The van der Waals surface area contributed by atoms with Crippen molar-refractivity contribution < 1.29 is 13.2 Å². The lowest BCUT2D eigenvalue weighted by Crippen LogP contribution is -2.53. The second-order valence-corrected chi connectivity index (χ2v) is 9.00. The summed E-state index contributed by atoms with van der Waals surface area (Å²) in [6.45, 7) is 0. The van der Waals surface area contributed by atoms with E-state index in [-0.39, 0.29) is 35.3 Å². The summed E-state index contributed by atoms with van der Waals surface area (Å²) in [7, 11) is -3.31. The summed E-state index contributed by atoms with van der Waals surface area (Å²) in [4.78, 5) is 12.7. The monoisotopic (exact) mass is 372 g/mol. The molecule has 2 saturated carbocycles. The Hall–Kier alpha value is -1.11. The maximum Gasteiger partial charge on any atom is 0.251 e. The molecule has 2 fully saturated rings. The van der Waals surface area contributed by atoms with Crippen molar-refractivity contribution in [3.63, 3.8) is 0 Å². The summed E-state index contributed by atoms with van der Waals surface area (Å²) in [5.41, 5.74) is 6.52. The molecule has 1 aromatic carbocycles. The predicted octanol–water partition coefficient (Wildman–Crippen LogP) is 2.15. The van der Waals surface area contributed by atoms with Gasteiger partial charge < -0.3 is 11.1 Å². The average Bonchev–Trinajstić information content (AvgIpc) is 2.47. The van der Waals surface area contributed by atoms with E-state index in [1.54, 1.807) is 12.1 Å². The molecule has 2 atom stereocenters. The number of nitrogens with one attached hydrogen (secondary N) is 1. The molecule has 0 aliphatic heterocycles. The summed E-state index contributed by atoms with van der Waals surface area (Å²) >= 11 is 0. The number of rotatable bonds is 3. The largest absolute Gasteiger partial charge is 0.349 e. The van der Waals surface area contributed by atoms with E-state index in [0.717, 1.165) is 31.9 Å². The Morgan fingerprint density at radius 1 is 1.21 bits per heavy atom. The normalized spacial score (nSPS) is 29.4. The van der Waals surface area contributed by atoms with Crippen molar-refractivity contribution in [3.8, 4) is 0 Å². The van der Waals surface area contributed by atoms with E-state index in [1.807, 2.05) is 0 Å². The number of carbonyl (C=O) groups is 1. The van der Waals surface area contributed by atoms with Crippen LogP contribution in [0.4, 0.5) is 0 Å². The minimum Gasteiger partial charge on any atom is -0.349 e. The molecule has 0 heterocycles. The van der Waals surface area contributed by atoms with Crippen molar-refractivity contribution in [2.45, 2.75) is 49.1 Å². The van der Waals surface area contributed by atoms with Crippen molar-refractivity contribution >= 4 is 28.2 Å². The Balaban J connectivity index is 0.00000208. The van der Waals surface area contributed by atoms with Crippen LogP contribution in [0, 0.1) is 11.8 Å². The van der Waals surface area contributed by atoms with Crippen LogP contribution in [-0.4, -0.2) is 32.7 Å². The van der Waals surface area contributed by atoms with Gasteiger partial charge in [-0.3, -0.25) is 4.79 Å². The third kappa shape index (κ3) is 4.10. The van der Waals surface area contributed by atoms with Crippen LogP contribution in [0.25, 0.3) is 0 Å². The van der Waals surface area contributed by atoms with Crippen LogP contribution < -0.4 is 11.1 Å². The molecule has 7 heteroatoms. The first-order valence-electron chi connectivity index (χ1n) is 8.21. The lowest BCUT2D eigenvalue weighted by molar-refractivity contribution is 0.0756. The van der Waals surface area contributed by atoms with Gasteiger partial charge in [0.2, 0.25) is 0 Å². The highest BCUT2D eigenvalue weighted by Gasteiger charge is 2.39. The summed E-state index contributed by atoms with van der Waals surface area (Å²) in [5, 5.41) is 3.15. The number of carbonyl (C=O) groups excluding carboxylic acids is 1. The molecule has 0 aromatic heterocycles. The van der Waals surface area contributed by atoms with E-state index >= 15 is 0 Å². The topological polar surface area (TPSA) is 89.3 Å². The van der Waals surface area contributed by atoms with Crippen LogP contribution in [0.3, 0.4) is 0 Å². The van der Waals surface area contributed by atoms with Crippen molar-refractivity contribution in [2.75, 3.05) is 6.26 Å². The van der Waals surface area contributed by atoms with Crippen LogP contribution in [0.15, 0.2) is 29.2 Å². The smallest absolute Gasteiger partial charge is 0.251 e. The maximum atomic E-state index is 12.6. The van der Waals surface area contributed by atoms with Crippen LogP contribution in [0.2, 0.25) is 0 Å². The standard InChI is InChI=1S/C17H24N2O3S.ClH/c1-23(21,22)15-7-3-6-13(10-15)17(20)19-16-11-4-2-5-12(16)9-14(18)8-11;/h3,6-7,10-12,14,16H,2,4-5,8-9,18H2,1H3,(H,19,20);1H. The third-order valence-corrected chi connectivity index (χ3v) is 6.31. The van der Waals surface area contributed by atoms with Gasteiger partial charge in [-0.1, -0.05) is 12.5 Å². The first-order valence-corrected chi connectivity index (χ1v) is 10.1. The van der Waals surface area contributed by atoms with E-state index < -0.39 is 9.84 Å². The zero-order chi connectivity index (χ0) is 16.6. The zero-order valence-electron chi connectivity index (χ0n) is 13.8.